The molecular weight excluding hydrogens is 333 g/mol. The van der Waals surface area contributed by atoms with Crippen LogP contribution in [0.1, 0.15) is 0 Å². The van der Waals surface area contributed by atoms with Crippen LogP contribution in [-0.4, -0.2) is 32.7 Å². The molecule has 0 aliphatic rings. The highest BCUT2D eigenvalue weighted by molar-refractivity contribution is 5.60. The van der Waals surface area contributed by atoms with Gasteiger partial charge in [-0.1, -0.05) is 30.3 Å². The van der Waals surface area contributed by atoms with Crippen LogP contribution in [-0.2, 0) is 0 Å². The molecule has 2 N–H and O–H groups in total. The van der Waals surface area contributed by atoms with Crippen LogP contribution in [0, 0.1) is 0 Å². The summed E-state index contributed by atoms with van der Waals surface area (Å²) in [6.07, 6.45) is -1.23. The molecule has 0 radical (unpaired) electrons. The van der Waals surface area contributed by atoms with Crippen molar-refractivity contribution in [2.24, 2.45) is 0 Å². The number of nitrogens with zero attached hydrogens (tertiary/aromatic N) is 4. The van der Waals surface area contributed by atoms with Gasteiger partial charge in [-0.15, -0.1) is 0 Å². The van der Waals surface area contributed by atoms with Gasteiger partial charge in [-0.25, -0.2) is 0 Å². The smallest absolute Gasteiger partial charge is 0.345 e. The molecule has 0 aliphatic carbocycles. The second-order valence-corrected chi connectivity index (χ2v) is 5.00. The van der Waals surface area contributed by atoms with Crippen molar-refractivity contribution in [3.8, 4) is 11.4 Å². The van der Waals surface area contributed by atoms with Crippen molar-refractivity contribution >= 4 is 17.6 Å². The molecule has 0 unspecified atom stereocenters. The fraction of sp³-hybridized carbons (Fsp3) is 0.125. The van der Waals surface area contributed by atoms with Crippen molar-refractivity contribution in [3.05, 3.63) is 54.9 Å². The number of aromatic nitrogens is 4. The molecule has 0 saturated carbocycles. The van der Waals surface area contributed by atoms with Crippen LogP contribution in [0.15, 0.2) is 54.9 Å². The van der Waals surface area contributed by atoms with Gasteiger partial charge in [0, 0.05) is 23.6 Å². The van der Waals surface area contributed by atoms with Gasteiger partial charge in [-0.2, -0.15) is 28.1 Å². The number of anilines is 3. The number of alkyl halides is 3. The molecule has 1 aromatic carbocycles. The van der Waals surface area contributed by atoms with E-state index >= 15 is 0 Å². The van der Waals surface area contributed by atoms with E-state index in [2.05, 4.69) is 30.6 Å². The Bertz CT molecular complexity index is 824. The molecular formula is C16H13F3N6. The van der Waals surface area contributed by atoms with E-state index in [9.17, 15) is 13.2 Å². The summed E-state index contributed by atoms with van der Waals surface area (Å²) in [5.74, 6) is 0.226. The Kier molecular flexibility index (Phi) is 4.73. The van der Waals surface area contributed by atoms with Crippen LogP contribution in [0.25, 0.3) is 11.4 Å². The summed E-state index contributed by atoms with van der Waals surface area (Å²) in [6.45, 7) is -1.24. The lowest BCUT2D eigenvalue weighted by Gasteiger charge is -2.11. The first-order valence-electron chi connectivity index (χ1n) is 7.29. The maximum Gasteiger partial charge on any atom is 0.405 e. The Labute approximate surface area is 141 Å². The van der Waals surface area contributed by atoms with Gasteiger partial charge in [0.2, 0.25) is 11.9 Å². The summed E-state index contributed by atoms with van der Waals surface area (Å²) in [5.41, 5.74) is 1.32. The molecule has 0 saturated heterocycles. The Balaban J connectivity index is 1.93. The highest BCUT2D eigenvalue weighted by Crippen LogP contribution is 2.21. The molecule has 0 fully saturated rings. The van der Waals surface area contributed by atoms with Crippen LogP contribution in [0.4, 0.5) is 30.8 Å². The minimum absolute atomic E-state index is 0.129. The van der Waals surface area contributed by atoms with Crippen LogP contribution in [0.2, 0.25) is 0 Å². The zero-order valence-corrected chi connectivity index (χ0v) is 12.8. The normalized spacial score (nSPS) is 11.2. The minimum Gasteiger partial charge on any atom is -0.345 e. The molecule has 0 atom stereocenters. The summed E-state index contributed by atoms with van der Waals surface area (Å²) in [5, 5.41) is 5.11. The zero-order chi connectivity index (χ0) is 17.7. The van der Waals surface area contributed by atoms with Crippen molar-refractivity contribution in [2.45, 2.75) is 6.18 Å². The van der Waals surface area contributed by atoms with E-state index in [1.807, 2.05) is 6.07 Å². The van der Waals surface area contributed by atoms with Crippen molar-refractivity contribution in [2.75, 3.05) is 17.2 Å². The fourth-order valence-electron chi connectivity index (χ4n) is 1.97. The van der Waals surface area contributed by atoms with E-state index in [0.717, 1.165) is 0 Å². The average molecular weight is 346 g/mol. The Morgan fingerprint density at radius 1 is 0.840 bits per heavy atom. The number of nitrogens with one attached hydrogen (secondary N) is 2. The van der Waals surface area contributed by atoms with Crippen molar-refractivity contribution < 1.29 is 13.2 Å². The Morgan fingerprint density at radius 3 is 2.20 bits per heavy atom. The van der Waals surface area contributed by atoms with E-state index in [1.165, 1.54) is 0 Å². The molecule has 3 aromatic rings. The molecule has 25 heavy (non-hydrogen) atoms. The van der Waals surface area contributed by atoms with Crippen molar-refractivity contribution in [1.82, 2.24) is 19.9 Å². The van der Waals surface area contributed by atoms with E-state index in [1.54, 1.807) is 48.8 Å². The molecule has 2 aromatic heterocycles. The lowest BCUT2D eigenvalue weighted by molar-refractivity contribution is -0.115. The summed E-state index contributed by atoms with van der Waals surface area (Å²) in [7, 11) is 0. The van der Waals surface area contributed by atoms with Crippen LogP contribution in [0.5, 0.6) is 0 Å². The van der Waals surface area contributed by atoms with Gasteiger partial charge < -0.3 is 10.6 Å². The monoisotopic (exact) mass is 346 g/mol. The highest BCUT2D eigenvalue weighted by atomic mass is 19.4. The molecule has 9 heteroatoms. The van der Waals surface area contributed by atoms with Gasteiger partial charge in [0.15, 0.2) is 5.82 Å². The van der Waals surface area contributed by atoms with Gasteiger partial charge in [0.1, 0.15) is 6.54 Å². The van der Waals surface area contributed by atoms with Crippen LogP contribution in [0.3, 0.4) is 0 Å². The fourth-order valence-corrected chi connectivity index (χ4v) is 1.97. The van der Waals surface area contributed by atoms with E-state index in [0.29, 0.717) is 11.3 Å². The number of hydrogen-bond donors (Lipinski definition) is 2. The van der Waals surface area contributed by atoms with E-state index in [4.69, 9.17) is 0 Å². The Morgan fingerprint density at radius 2 is 1.52 bits per heavy atom. The molecule has 2 heterocycles. The first kappa shape index (κ1) is 16.6. The largest absolute Gasteiger partial charge is 0.405 e. The second-order valence-electron chi connectivity index (χ2n) is 5.00. The molecule has 6 nitrogen and oxygen atoms in total. The number of benzene rings is 1. The van der Waals surface area contributed by atoms with Gasteiger partial charge in [0.25, 0.3) is 0 Å². The third kappa shape index (κ3) is 4.87. The molecule has 128 valence electrons. The van der Waals surface area contributed by atoms with Gasteiger partial charge >= 0.3 is 6.18 Å². The molecule has 0 spiro atoms. The molecule has 0 aliphatic heterocycles. The highest BCUT2D eigenvalue weighted by Gasteiger charge is 2.27. The first-order valence-corrected chi connectivity index (χ1v) is 7.29. The summed E-state index contributed by atoms with van der Waals surface area (Å²) < 4.78 is 37.4. The third-order valence-electron chi connectivity index (χ3n) is 3.05. The van der Waals surface area contributed by atoms with Crippen LogP contribution >= 0.6 is 0 Å². The van der Waals surface area contributed by atoms with Gasteiger partial charge in [-0.3, -0.25) is 4.98 Å². The Hall–Kier alpha value is -3.23. The molecule has 0 bridgehead atoms. The maximum atomic E-state index is 12.5. The summed E-state index contributed by atoms with van der Waals surface area (Å²) in [4.78, 5) is 16.2. The number of hydrogen-bond acceptors (Lipinski definition) is 6. The summed E-state index contributed by atoms with van der Waals surface area (Å²) in [6, 6.07) is 12.3. The standard InChI is InChI=1S/C16H13F3N6/c17-16(18,19)10-21-14-23-13(11-4-2-1-3-5-11)24-15(25-14)22-12-6-8-20-9-7-12/h1-9H,10H2,(H2,20,21,22,23,24,25). The van der Waals surface area contributed by atoms with Crippen molar-refractivity contribution in [3.63, 3.8) is 0 Å². The molecule has 0 amide bonds. The lowest BCUT2D eigenvalue weighted by Crippen LogP contribution is -2.22. The first-order chi connectivity index (χ1) is 12.0. The number of halogens is 3. The minimum atomic E-state index is -4.38. The number of rotatable bonds is 5. The lowest BCUT2D eigenvalue weighted by atomic mass is 10.2. The molecule has 3 rings (SSSR count). The zero-order valence-electron chi connectivity index (χ0n) is 12.8. The predicted molar refractivity (Wildman–Crippen MR) is 87.3 cm³/mol. The summed E-state index contributed by atoms with van der Waals surface area (Å²) >= 11 is 0. The van der Waals surface area contributed by atoms with E-state index in [-0.39, 0.29) is 17.7 Å². The average Bonchev–Trinajstić information content (AvgIpc) is 2.61. The quantitative estimate of drug-likeness (QED) is 0.734. The van der Waals surface area contributed by atoms with E-state index < -0.39 is 12.7 Å². The maximum absolute atomic E-state index is 12.5. The van der Waals surface area contributed by atoms with Gasteiger partial charge in [-0.05, 0) is 12.1 Å². The predicted octanol–water partition coefficient (Wildman–Crippen LogP) is 3.65. The number of pyridine rings is 1. The van der Waals surface area contributed by atoms with Crippen LogP contribution < -0.4 is 10.6 Å². The third-order valence-corrected chi connectivity index (χ3v) is 3.05. The second kappa shape index (κ2) is 7.12. The topological polar surface area (TPSA) is 75.6 Å². The van der Waals surface area contributed by atoms with Gasteiger partial charge in [0.05, 0.1) is 0 Å². The van der Waals surface area contributed by atoms with Crippen molar-refractivity contribution in [1.29, 1.82) is 0 Å². The SMILES string of the molecule is FC(F)(F)CNc1nc(Nc2ccncc2)nc(-c2ccccc2)n1.